The van der Waals surface area contributed by atoms with Gasteiger partial charge in [0.1, 0.15) is 0 Å². The molecule has 0 spiro atoms. The van der Waals surface area contributed by atoms with Crippen LogP contribution in [-0.2, 0) is 22.9 Å². The molecule has 0 radical (unpaired) electrons. The SMILES string of the molecule is CCCCC(C(=O)O)=C(CCCC)C(=O)O.CCO[Si](CCCN)(OCC)OCC. The molecule has 0 fully saturated rings. The summed E-state index contributed by atoms with van der Waals surface area (Å²) in [6.45, 7) is 12.3. The molecule has 0 aromatic carbocycles. The first-order valence-electron chi connectivity index (χ1n) is 11.1. The molecule has 9 heteroatoms. The lowest BCUT2D eigenvalue weighted by Crippen LogP contribution is -2.46. The molecular weight excluding hydrogens is 406 g/mol. The molecule has 0 aromatic heterocycles. The van der Waals surface area contributed by atoms with Gasteiger partial charge in [0.2, 0.25) is 0 Å². The van der Waals surface area contributed by atoms with Crippen LogP contribution >= 0.6 is 0 Å². The van der Waals surface area contributed by atoms with E-state index in [1.54, 1.807) is 0 Å². The van der Waals surface area contributed by atoms with Crippen molar-refractivity contribution in [2.45, 2.75) is 85.6 Å². The molecule has 0 unspecified atom stereocenters. The minimum atomic E-state index is -2.40. The van der Waals surface area contributed by atoms with Crippen molar-refractivity contribution in [3.63, 3.8) is 0 Å². The lowest BCUT2D eigenvalue weighted by atomic mass is 9.98. The number of nitrogens with two attached hydrogens (primary N) is 1. The molecule has 0 amide bonds. The summed E-state index contributed by atoms with van der Waals surface area (Å²) in [6, 6.07) is 0.818. The third-order valence-corrected chi connectivity index (χ3v) is 7.37. The standard InChI is InChI=1S/C12H20O4.C9H23NO3Si/c1-3-5-7-9(11(13)14)10(12(15)16)8-6-4-2;1-4-11-14(12-5-2,13-6-3)9-7-8-10/h3-8H2,1-2H3,(H,13,14)(H,15,16);4-10H2,1-3H3. The van der Waals surface area contributed by atoms with Crippen LogP contribution in [0.25, 0.3) is 0 Å². The molecule has 0 bridgehead atoms. The predicted octanol–water partition coefficient (Wildman–Crippen LogP) is 4.22. The molecule has 0 aliphatic carbocycles. The van der Waals surface area contributed by atoms with Gasteiger partial charge in [0.05, 0.1) is 0 Å². The maximum Gasteiger partial charge on any atom is 0.500 e. The van der Waals surface area contributed by atoms with Gasteiger partial charge in [-0.3, -0.25) is 0 Å². The number of unbranched alkanes of at least 4 members (excludes halogenated alkanes) is 2. The van der Waals surface area contributed by atoms with Crippen LogP contribution in [0.4, 0.5) is 0 Å². The molecule has 0 aromatic rings. The molecule has 0 saturated carbocycles. The molecule has 4 N–H and O–H groups in total. The van der Waals surface area contributed by atoms with E-state index < -0.39 is 20.7 Å². The molecule has 0 aliphatic heterocycles. The number of carboxylic acids is 2. The van der Waals surface area contributed by atoms with Crippen molar-refractivity contribution in [3.05, 3.63) is 11.1 Å². The van der Waals surface area contributed by atoms with Gasteiger partial charge in [-0.1, -0.05) is 26.7 Å². The molecular formula is C21H43NO7Si. The van der Waals surface area contributed by atoms with Crippen LogP contribution in [0.2, 0.25) is 6.04 Å². The second kappa shape index (κ2) is 19.7. The minimum Gasteiger partial charge on any atom is -0.478 e. The maximum absolute atomic E-state index is 11.0. The van der Waals surface area contributed by atoms with E-state index in [0.29, 0.717) is 52.0 Å². The zero-order valence-electron chi connectivity index (χ0n) is 19.5. The third-order valence-electron chi connectivity index (χ3n) is 4.22. The van der Waals surface area contributed by atoms with Gasteiger partial charge in [-0.2, -0.15) is 0 Å². The Morgan fingerprint density at radius 3 is 1.33 bits per heavy atom. The third kappa shape index (κ3) is 13.9. The van der Waals surface area contributed by atoms with Crippen LogP contribution in [0.3, 0.4) is 0 Å². The predicted molar refractivity (Wildman–Crippen MR) is 120 cm³/mol. The fourth-order valence-corrected chi connectivity index (χ4v) is 5.44. The smallest absolute Gasteiger partial charge is 0.478 e. The molecule has 178 valence electrons. The van der Waals surface area contributed by atoms with E-state index in [2.05, 4.69) is 0 Å². The van der Waals surface area contributed by atoms with Crippen molar-refractivity contribution >= 4 is 20.7 Å². The van der Waals surface area contributed by atoms with Crippen molar-refractivity contribution in [3.8, 4) is 0 Å². The van der Waals surface area contributed by atoms with Crippen LogP contribution in [0.15, 0.2) is 11.1 Å². The molecule has 0 aliphatic rings. The van der Waals surface area contributed by atoms with Crippen molar-refractivity contribution in [1.82, 2.24) is 0 Å². The highest BCUT2D eigenvalue weighted by atomic mass is 28.4. The zero-order chi connectivity index (χ0) is 23.4. The van der Waals surface area contributed by atoms with Gasteiger partial charge in [-0.15, -0.1) is 0 Å². The van der Waals surface area contributed by atoms with Crippen LogP contribution in [0.1, 0.15) is 79.6 Å². The Morgan fingerprint density at radius 1 is 0.733 bits per heavy atom. The summed E-state index contributed by atoms with van der Waals surface area (Å²) in [4.78, 5) is 22.0. The fourth-order valence-electron chi connectivity index (χ4n) is 2.80. The monoisotopic (exact) mass is 449 g/mol. The summed E-state index contributed by atoms with van der Waals surface area (Å²) < 4.78 is 17.0. The zero-order valence-corrected chi connectivity index (χ0v) is 20.5. The van der Waals surface area contributed by atoms with Gasteiger partial charge in [0.15, 0.2) is 0 Å². The summed E-state index contributed by atoms with van der Waals surface area (Å²) >= 11 is 0. The Bertz CT molecular complexity index is 453. The first-order chi connectivity index (χ1) is 14.3. The van der Waals surface area contributed by atoms with Crippen molar-refractivity contribution in [2.24, 2.45) is 5.73 Å². The van der Waals surface area contributed by atoms with Crippen molar-refractivity contribution in [1.29, 1.82) is 0 Å². The Labute approximate surface area is 183 Å². The normalized spacial score (nSPS) is 12.1. The first kappa shape index (κ1) is 30.9. The summed E-state index contributed by atoms with van der Waals surface area (Å²) in [6.07, 6.45) is 4.73. The first-order valence-corrected chi connectivity index (χ1v) is 13.0. The van der Waals surface area contributed by atoms with Gasteiger partial charge < -0.3 is 29.2 Å². The quantitative estimate of drug-likeness (QED) is 0.222. The highest BCUT2D eigenvalue weighted by molar-refractivity contribution is 6.60. The largest absolute Gasteiger partial charge is 0.500 e. The van der Waals surface area contributed by atoms with Gasteiger partial charge in [0.25, 0.3) is 0 Å². The van der Waals surface area contributed by atoms with E-state index >= 15 is 0 Å². The van der Waals surface area contributed by atoms with E-state index in [0.717, 1.165) is 25.3 Å². The van der Waals surface area contributed by atoms with E-state index in [4.69, 9.17) is 29.2 Å². The van der Waals surface area contributed by atoms with Crippen molar-refractivity contribution < 1.29 is 33.1 Å². The maximum atomic E-state index is 11.0. The van der Waals surface area contributed by atoms with Crippen LogP contribution in [0.5, 0.6) is 0 Å². The number of carboxylic acid groups (broad SMARTS) is 2. The lowest BCUT2D eigenvalue weighted by molar-refractivity contribution is -0.136. The minimum absolute atomic E-state index is 0.0720. The highest BCUT2D eigenvalue weighted by Gasteiger charge is 2.39. The molecule has 0 rings (SSSR count). The van der Waals surface area contributed by atoms with Gasteiger partial charge in [0, 0.05) is 37.0 Å². The number of aliphatic carboxylic acids is 2. The highest BCUT2D eigenvalue weighted by Crippen LogP contribution is 2.19. The van der Waals surface area contributed by atoms with Crippen LogP contribution in [-0.4, -0.2) is 57.3 Å². The van der Waals surface area contributed by atoms with E-state index in [9.17, 15) is 9.59 Å². The molecule has 0 heterocycles. The summed E-state index contributed by atoms with van der Waals surface area (Å²) in [5, 5.41) is 18.0. The Morgan fingerprint density at radius 2 is 1.10 bits per heavy atom. The van der Waals surface area contributed by atoms with Gasteiger partial charge >= 0.3 is 20.7 Å². The summed E-state index contributed by atoms with van der Waals surface area (Å²) in [7, 11) is -2.40. The second-order valence-electron chi connectivity index (χ2n) is 6.65. The second-order valence-corrected chi connectivity index (χ2v) is 9.38. The van der Waals surface area contributed by atoms with Gasteiger partial charge in [-0.25, -0.2) is 9.59 Å². The van der Waals surface area contributed by atoms with E-state index in [1.807, 2.05) is 34.6 Å². The van der Waals surface area contributed by atoms with E-state index in [-0.39, 0.29) is 11.1 Å². The fraction of sp³-hybridized carbons (Fsp3) is 0.810. The van der Waals surface area contributed by atoms with Crippen LogP contribution < -0.4 is 5.73 Å². The molecule has 0 saturated heterocycles. The molecule has 8 nitrogen and oxygen atoms in total. The Kier molecular flexibility index (Phi) is 20.3. The number of rotatable bonds is 17. The summed E-state index contributed by atoms with van der Waals surface area (Å²) in [5.74, 6) is -2.19. The topological polar surface area (TPSA) is 128 Å². The van der Waals surface area contributed by atoms with Gasteiger partial charge in [-0.05, 0) is 59.4 Å². The van der Waals surface area contributed by atoms with Crippen molar-refractivity contribution in [2.75, 3.05) is 26.4 Å². The number of hydrogen-bond acceptors (Lipinski definition) is 6. The van der Waals surface area contributed by atoms with E-state index in [1.165, 1.54) is 0 Å². The number of hydrogen-bond donors (Lipinski definition) is 3. The molecule has 0 atom stereocenters. The average molecular weight is 450 g/mol. The lowest BCUT2D eigenvalue weighted by Gasteiger charge is -2.28. The number of carbonyl (C=O) groups is 2. The summed E-state index contributed by atoms with van der Waals surface area (Å²) in [5.41, 5.74) is 5.62. The van der Waals surface area contributed by atoms with Crippen LogP contribution in [0, 0.1) is 0 Å². The Hall–Kier alpha value is -1.26. The Balaban J connectivity index is 0. The average Bonchev–Trinajstić information content (AvgIpc) is 2.69. The molecule has 30 heavy (non-hydrogen) atoms.